The second-order valence-electron chi connectivity index (χ2n) is 6.62. The van der Waals surface area contributed by atoms with E-state index >= 15 is 0 Å². The van der Waals surface area contributed by atoms with E-state index in [1.54, 1.807) is 55.7 Å². The minimum absolute atomic E-state index is 0.0624. The summed E-state index contributed by atoms with van der Waals surface area (Å²) < 4.78 is 10.4. The zero-order valence-electron chi connectivity index (χ0n) is 17.9. The van der Waals surface area contributed by atoms with Gasteiger partial charge in [-0.05, 0) is 54.5 Å². The van der Waals surface area contributed by atoms with Crippen molar-refractivity contribution in [2.45, 2.75) is 26.2 Å². The fraction of sp³-hybridized carbons (Fsp3) is 0.261. The highest BCUT2D eigenvalue weighted by Crippen LogP contribution is 2.27. The third kappa shape index (κ3) is 7.50. The van der Waals surface area contributed by atoms with Crippen molar-refractivity contribution in [2.75, 3.05) is 19.5 Å². The Hall–Kier alpha value is -3.81. The van der Waals surface area contributed by atoms with Crippen LogP contribution in [0.1, 0.15) is 42.1 Å². The molecule has 0 unspecified atom stereocenters. The van der Waals surface area contributed by atoms with Gasteiger partial charge >= 0.3 is 0 Å². The van der Waals surface area contributed by atoms with Gasteiger partial charge in [-0.25, -0.2) is 0 Å². The van der Waals surface area contributed by atoms with Crippen LogP contribution in [0, 0.1) is 0 Å². The summed E-state index contributed by atoms with van der Waals surface area (Å²) in [5, 5.41) is 2.77. The van der Waals surface area contributed by atoms with E-state index in [-0.39, 0.29) is 5.91 Å². The number of carbonyl (C=O) groups excluding carboxylic acids is 3. The predicted molar refractivity (Wildman–Crippen MR) is 119 cm³/mol. The number of anilines is 1. The molecule has 31 heavy (non-hydrogen) atoms. The van der Waals surface area contributed by atoms with Crippen molar-refractivity contribution < 1.29 is 23.9 Å². The molecule has 164 valence electrons. The highest BCUT2D eigenvalue weighted by Gasteiger charge is 2.08. The van der Waals surface area contributed by atoms with Crippen LogP contribution >= 0.6 is 0 Å². The number of methoxy groups -OCH3 is 2. The second kappa shape index (κ2) is 12.0. The fourth-order valence-corrected chi connectivity index (χ4v) is 2.63. The van der Waals surface area contributed by atoms with Gasteiger partial charge in [-0.2, -0.15) is 0 Å². The molecule has 0 aliphatic carbocycles. The van der Waals surface area contributed by atoms with Gasteiger partial charge in [0.25, 0.3) is 11.8 Å². The molecule has 0 heterocycles. The molecule has 8 nitrogen and oxygen atoms in total. The summed E-state index contributed by atoms with van der Waals surface area (Å²) in [5.74, 6) is 0.0959. The molecule has 0 saturated carbocycles. The number of ether oxygens (including phenoxy) is 2. The standard InChI is InChI=1S/C23H27N3O5/c1-4-5-6-21(27)24-18-11-9-17(10-12-18)23(29)26-25-22(28)14-8-16-7-13-19(30-2)20(15-16)31-3/h7-15H,4-6H2,1-3H3,(H,24,27)(H,25,28)(H,26,29)/b14-8+. The van der Waals surface area contributed by atoms with Crippen molar-refractivity contribution in [3.05, 3.63) is 59.7 Å². The van der Waals surface area contributed by atoms with Crippen molar-refractivity contribution in [3.8, 4) is 11.5 Å². The van der Waals surface area contributed by atoms with E-state index < -0.39 is 11.8 Å². The van der Waals surface area contributed by atoms with Crippen LogP contribution in [-0.2, 0) is 9.59 Å². The van der Waals surface area contributed by atoms with Gasteiger partial charge in [-0.15, -0.1) is 0 Å². The highest BCUT2D eigenvalue weighted by molar-refractivity contribution is 5.98. The molecule has 0 bridgehead atoms. The second-order valence-corrected chi connectivity index (χ2v) is 6.62. The fourth-order valence-electron chi connectivity index (χ4n) is 2.63. The summed E-state index contributed by atoms with van der Waals surface area (Å²) in [5.41, 5.74) is 6.35. The molecule has 8 heteroatoms. The Kier molecular flexibility index (Phi) is 9.10. The maximum Gasteiger partial charge on any atom is 0.269 e. The number of amides is 3. The molecule has 2 rings (SSSR count). The number of hydrazine groups is 1. The first-order valence-electron chi connectivity index (χ1n) is 9.87. The van der Waals surface area contributed by atoms with Crippen LogP contribution < -0.4 is 25.6 Å². The molecule has 0 saturated heterocycles. The Morgan fingerprint density at radius 2 is 1.65 bits per heavy atom. The van der Waals surface area contributed by atoms with E-state index in [9.17, 15) is 14.4 Å². The number of nitrogens with one attached hydrogen (secondary N) is 3. The van der Waals surface area contributed by atoms with Gasteiger partial charge in [-0.1, -0.05) is 19.4 Å². The van der Waals surface area contributed by atoms with Crippen LogP contribution in [-0.4, -0.2) is 31.9 Å². The van der Waals surface area contributed by atoms with Crippen LogP contribution in [0.25, 0.3) is 6.08 Å². The summed E-state index contributed by atoms with van der Waals surface area (Å²) in [6.45, 7) is 2.02. The van der Waals surface area contributed by atoms with E-state index in [1.807, 2.05) is 6.92 Å². The van der Waals surface area contributed by atoms with Gasteiger partial charge in [0.1, 0.15) is 0 Å². The Labute approximate surface area is 181 Å². The predicted octanol–water partition coefficient (Wildman–Crippen LogP) is 3.31. The smallest absolute Gasteiger partial charge is 0.269 e. The number of rotatable bonds is 9. The maximum atomic E-state index is 12.2. The zero-order chi connectivity index (χ0) is 22.6. The molecule has 0 aliphatic rings. The van der Waals surface area contributed by atoms with Crippen molar-refractivity contribution in [1.29, 1.82) is 0 Å². The molecule has 3 amide bonds. The summed E-state index contributed by atoms with van der Waals surface area (Å²) in [6, 6.07) is 11.6. The molecule has 0 atom stereocenters. The Balaban J connectivity index is 1.85. The first kappa shape index (κ1) is 23.5. The van der Waals surface area contributed by atoms with Gasteiger partial charge in [0.15, 0.2) is 11.5 Å². The van der Waals surface area contributed by atoms with Crippen LogP contribution in [0.2, 0.25) is 0 Å². The lowest BCUT2D eigenvalue weighted by Gasteiger charge is -2.08. The lowest BCUT2D eigenvalue weighted by Crippen LogP contribution is -2.40. The van der Waals surface area contributed by atoms with Crippen molar-refractivity contribution in [3.63, 3.8) is 0 Å². The zero-order valence-corrected chi connectivity index (χ0v) is 17.9. The third-order valence-electron chi connectivity index (χ3n) is 4.32. The van der Waals surface area contributed by atoms with Crippen molar-refractivity contribution >= 4 is 29.5 Å². The topological polar surface area (TPSA) is 106 Å². The number of hydrogen-bond donors (Lipinski definition) is 3. The monoisotopic (exact) mass is 425 g/mol. The SMILES string of the molecule is CCCCC(=O)Nc1ccc(C(=O)NNC(=O)/C=C/c2ccc(OC)c(OC)c2)cc1. The Morgan fingerprint density at radius 3 is 2.29 bits per heavy atom. The quantitative estimate of drug-likeness (QED) is 0.422. The molecule has 0 fully saturated rings. The lowest BCUT2D eigenvalue weighted by atomic mass is 10.2. The minimum Gasteiger partial charge on any atom is -0.493 e. The van der Waals surface area contributed by atoms with E-state index in [4.69, 9.17) is 9.47 Å². The van der Waals surface area contributed by atoms with Crippen molar-refractivity contribution in [1.82, 2.24) is 10.9 Å². The van der Waals surface area contributed by atoms with Gasteiger partial charge in [0.2, 0.25) is 5.91 Å². The molecular weight excluding hydrogens is 398 g/mol. The molecule has 0 spiro atoms. The molecule has 0 aliphatic heterocycles. The Bertz CT molecular complexity index is 939. The van der Waals surface area contributed by atoms with E-state index in [2.05, 4.69) is 16.2 Å². The van der Waals surface area contributed by atoms with Gasteiger partial charge < -0.3 is 14.8 Å². The van der Waals surface area contributed by atoms with Crippen LogP contribution in [0.15, 0.2) is 48.5 Å². The summed E-state index contributed by atoms with van der Waals surface area (Å²) in [7, 11) is 3.07. The maximum absolute atomic E-state index is 12.2. The first-order valence-corrected chi connectivity index (χ1v) is 9.87. The van der Waals surface area contributed by atoms with Crippen LogP contribution in [0.4, 0.5) is 5.69 Å². The first-order chi connectivity index (χ1) is 15.0. The number of unbranched alkanes of at least 4 members (excludes halogenated alkanes) is 1. The lowest BCUT2D eigenvalue weighted by molar-refractivity contribution is -0.117. The van der Waals surface area contributed by atoms with E-state index in [1.165, 1.54) is 13.2 Å². The van der Waals surface area contributed by atoms with E-state index in [0.717, 1.165) is 18.4 Å². The molecule has 0 radical (unpaired) electrons. The molecular formula is C23H27N3O5. The van der Waals surface area contributed by atoms with Gasteiger partial charge in [-0.3, -0.25) is 25.2 Å². The van der Waals surface area contributed by atoms with Gasteiger partial charge in [0, 0.05) is 23.7 Å². The molecule has 2 aromatic carbocycles. The van der Waals surface area contributed by atoms with Crippen LogP contribution in [0.5, 0.6) is 11.5 Å². The average molecular weight is 425 g/mol. The molecule has 0 aromatic heterocycles. The van der Waals surface area contributed by atoms with E-state index in [0.29, 0.717) is 29.2 Å². The molecule has 2 aromatic rings. The summed E-state index contributed by atoms with van der Waals surface area (Å²) >= 11 is 0. The summed E-state index contributed by atoms with van der Waals surface area (Å²) in [4.78, 5) is 35.9. The number of benzene rings is 2. The third-order valence-corrected chi connectivity index (χ3v) is 4.32. The highest BCUT2D eigenvalue weighted by atomic mass is 16.5. The minimum atomic E-state index is -0.497. The number of hydrogen-bond acceptors (Lipinski definition) is 5. The Morgan fingerprint density at radius 1 is 0.935 bits per heavy atom. The van der Waals surface area contributed by atoms with Gasteiger partial charge in [0.05, 0.1) is 14.2 Å². The largest absolute Gasteiger partial charge is 0.493 e. The van der Waals surface area contributed by atoms with Crippen LogP contribution in [0.3, 0.4) is 0 Å². The normalized spacial score (nSPS) is 10.4. The van der Waals surface area contributed by atoms with Crippen molar-refractivity contribution in [2.24, 2.45) is 0 Å². The number of carbonyl (C=O) groups is 3. The molecule has 3 N–H and O–H groups in total. The summed E-state index contributed by atoms with van der Waals surface area (Å²) in [6.07, 6.45) is 5.10. The average Bonchev–Trinajstić information content (AvgIpc) is 2.80.